The molecular formula is C18H22BrN3O3S. The van der Waals surface area contributed by atoms with E-state index in [1.54, 1.807) is 0 Å². The number of aliphatic imine (C=N–C) groups is 1. The van der Waals surface area contributed by atoms with Crippen LogP contribution in [0.2, 0.25) is 0 Å². The van der Waals surface area contributed by atoms with Crippen LogP contribution in [0.25, 0.3) is 11.3 Å². The maximum atomic E-state index is 11.6. The first-order valence-electron chi connectivity index (χ1n) is 8.55. The van der Waals surface area contributed by atoms with Crippen LogP contribution in [-0.2, 0) is 16.4 Å². The Bertz CT molecular complexity index is 875. The highest BCUT2D eigenvalue weighted by molar-refractivity contribution is 9.10. The summed E-state index contributed by atoms with van der Waals surface area (Å²) in [7, 11) is -2.92. The Labute approximate surface area is 162 Å². The van der Waals surface area contributed by atoms with E-state index in [0.29, 0.717) is 25.5 Å². The number of hydrogen-bond acceptors (Lipinski definition) is 4. The normalized spacial score (nSPS) is 19.5. The van der Waals surface area contributed by atoms with Crippen LogP contribution in [-0.4, -0.2) is 38.5 Å². The molecule has 1 unspecified atom stereocenters. The lowest BCUT2D eigenvalue weighted by Crippen LogP contribution is -2.44. The van der Waals surface area contributed by atoms with Gasteiger partial charge in [-0.2, -0.15) is 0 Å². The highest BCUT2D eigenvalue weighted by Gasteiger charge is 2.28. The molecule has 26 heavy (non-hydrogen) atoms. The lowest BCUT2D eigenvalue weighted by Gasteiger charge is -2.15. The zero-order chi connectivity index (χ0) is 18.6. The Kier molecular flexibility index (Phi) is 6.03. The third kappa shape index (κ3) is 5.11. The fourth-order valence-electron chi connectivity index (χ4n) is 2.81. The minimum atomic E-state index is -2.92. The van der Waals surface area contributed by atoms with Crippen molar-refractivity contribution in [3.63, 3.8) is 0 Å². The van der Waals surface area contributed by atoms with Gasteiger partial charge in [-0.05, 0) is 37.6 Å². The number of guanidine groups is 1. The Balaban J connectivity index is 1.65. The first-order valence-corrected chi connectivity index (χ1v) is 11.2. The molecule has 1 fully saturated rings. The van der Waals surface area contributed by atoms with Crippen molar-refractivity contribution >= 4 is 31.7 Å². The number of rotatable bonds is 5. The van der Waals surface area contributed by atoms with Gasteiger partial charge in [0.05, 0.1) is 11.5 Å². The van der Waals surface area contributed by atoms with Crippen molar-refractivity contribution in [2.24, 2.45) is 4.99 Å². The predicted molar refractivity (Wildman–Crippen MR) is 107 cm³/mol. The molecule has 1 atom stereocenters. The van der Waals surface area contributed by atoms with Gasteiger partial charge in [0.15, 0.2) is 15.8 Å². The largest absolute Gasteiger partial charge is 0.459 e. The van der Waals surface area contributed by atoms with Crippen molar-refractivity contribution in [3.05, 3.63) is 46.6 Å². The summed E-state index contributed by atoms with van der Waals surface area (Å²) in [5.74, 6) is 2.54. The highest BCUT2D eigenvalue weighted by Crippen LogP contribution is 2.24. The van der Waals surface area contributed by atoms with E-state index in [1.807, 2.05) is 43.3 Å². The molecule has 6 nitrogen and oxygen atoms in total. The van der Waals surface area contributed by atoms with Crippen LogP contribution in [0.1, 0.15) is 19.1 Å². The first kappa shape index (κ1) is 19.0. The van der Waals surface area contributed by atoms with Crippen LogP contribution in [0, 0.1) is 0 Å². The molecule has 1 aromatic carbocycles. The van der Waals surface area contributed by atoms with Gasteiger partial charge in [0.1, 0.15) is 18.1 Å². The van der Waals surface area contributed by atoms with Gasteiger partial charge in [-0.1, -0.05) is 28.1 Å². The predicted octanol–water partition coefficient (Wildman–Crippen LogP) is 2.95. The van der Waals surface area contributed by atoms with Crippen molar-refractivity contribution in [1.29, 1.82) is 0 Å². The number of furan rings is 1. The number of sulfone groups is 1. The summed E-state index contributed by atoms with van der Waals surface area (Å²) in [6, 6.07) is 11.7. The number of nitrogens with one attached hydrogen (secondary N) is 2. The second-order valence-electron chi connectivity index (χ2n) is 6.21. The summed E-state index contributed by atoms with van der Waals surface area (Å²) in [5.41, 5.74) is 1.00. The molecule has 0 bridgehead atoms. The molecule has 2 aromatic rings. The van der Waals surface area contributed by atoms with Crippen LogP contribution in [0.4, 0.5) is 0 Å². The van der Waals surface area contributed by atoms with E-state index >= 15 is 0 Å². The first-order chi connectivity index (χ1) is 12.4. The number of nitrogens with zero attached hydrogens (tertiary/aromatic N) is 1. The third-order valence-corrected chi connectivity index (χ3v) is 6.40. The maximum Gasteiger partial charge on any atom is 0.191 e. The Hall–Kier alpha value is -1.80. The number of benzene rings is 1. The molecule has 0 spiro atoms. The van der Waals surface area contributed by atoms with Crippen molar-refractivity contribution in [1.82, 2.24) is 10.6 Å². The van der Waals surface area contributed by atoms with E-state index in [1.165, 1.54) is 0 Å². The van der Waals surface area contributed by atoms with Gasteiger partial charge in [-0.25, -0.2) is 13.4 Å². The van der Waals surface area contributed by atoms with Gasteiger partial charge in [0.2, 0.25) is 0 Å². The average Bonchev–Trinajstić information content (AvgIpc) is 3.20. The lowest BCUT2D eigenvalue weighted by molar-refractivity contribution is 0.524. The van der Waals surface area contributed by atoms with Gasteiger partial charge in [-0.15, -0.1) is 0 Å². The van der Waals surface area contributed by atoms with E-state index in [9.17, 15) is 8.42 Å². The Morgan fingerprint density at radius 2 is 2.04 bits per heavy atom. The van der Waals surface area contributed by atoms with Gasteiger partial charge >= 0.3 is 0 Å². The van der Waals surface area contributed by atoms with Gasteiger partial charge in [0, 0.05) is 22.6 Å². The summed E-state index contributed by atoms with van der Waals surface area (Å²) in [5, 5.41) is 6.35. The van der Waals surface area contributed by atoms with E-state index in [0.717, 1.165) is 21.6 Å². The highest BCUT2D eigenvalue weighted by atomic mass is 79.9. The van der Waals surface area contributed by atoms with Crippen LogP contribution in [0.3, 0.4) is 0 Å². The molecule has 0 aliphatic carbocycles. The van der Waals surface area contributed by atoms with E-state index in [-0.39, 0.29) is 17.5 Å². The van der Waals surface area contributed by atoms with E-state index < -0.39 is 9.84 Å². The molecule has 1 aromatic heterocycles. The van der Waals surface area contributed by atoms with Crippen molar-refractivity contribution < 1.29 is 12.8 Å². The smallest absolute Gasteiger partial charge is 0.191 e. The molecule has 2 heterocycles. The fraction of sp³-hybridized carbons (Fsp3) is 0.389. The summed E-state index contributed by atoms with van der Waals surface area (Å²) in [6.45, 7) is 3.06. The molecule has 8 heteroatoms. The summed E-state index contributed by atoms with van der Waals surface area (Å²) >= 11 is 3.42. The Morgan fingerprint density at radius 1 is 1.27 bits per heavy atom. The molecule has 0 amide bonds. The van der Waals surface area contributed by atoms with Crippen molar-refractivity contribution in [3.8, 4) is 11.3 Å². The van der Waals surface area contributed by atoms with E-state index in [2.05, 4.69) is 31.6 Å². The third-order valence-electron chi connectivity index (χ3n) is 4.10. The molecule has 2 N–H and O–H groups in total. The standard InChI is InChI=1S/C18H22BrN3O3S/c1-2-20-18(22-15-9-10-26(23,24)12-15)21-11-16-7-8-17(25-16)13-3-5-14(19)6-4-13/h3-8,15H,2,9-12H2,1H3,(H2,20,21,22). The molecule has 3 rings (SSSR count). The molecule has 1 aliphatic heterocycles. The minimum absolute atomic E-state index is 0.0901. The lowest BCUT2D eigenvalue weighted by atomic mass is 10.2. The molecule has 140 valence electrons. The van der Waals surface area contributed by atoms with Crippen molar-refractivity contribution in [2.45, 2.75) is 25.9 Å². The summed E-state index contributed by atoms with van der Waals surface area (Å²) in [6.07, 6.45) is 0.612. The summed E-state index contributed by atoms with van der Waals surface area (Å²) < 4.78 is 30.1. The second-order valence-corrected chi connectivity index (χ2v) is 9.36. The second kappa shape index (κ2) is 8.26. The fourth-order valence-corrected chi connectivity index (χ4v) is 4.75. The van der Waals surface area contributed by atoms with Gasteiger partial charge in [0.25, 0.3) is 0 Å². The molecule has 1 aliphatic rings. The number of hydrogen-bond donors (Lipinski definition) is 2. The quantitative estimate of drug-likeness (QED) is 0.552. The number of halogens is 1. The van der Waals surface area contributed by atoms with Crippen LogP contribution in [0.5, 0.6) is 0 Å². The monoisotopic (exact) mass is 439 g/mol. The average molecular weight is 440 g/mol. The maximum absolute atomic E-state index is 11.6. The Morgan fingerprint density at radius 3 is 2.69 bits per heavy atom. The summed E-state index contributed by atoms with van der Waals surface area (Å²) in [4.78, 5) is 4.51. The van der Waals surface area contributed by atoms with Crippen LogP contribution >= 0.6 is 15.9 Å². The SMILES string of the molecule is CCNC(=NCc1ccc(-c2ccc(Br)cc2)o1)NC1CCS(=O)(=O)C1. The molecule has 0 saturated carbocycles. The molecule has 1 saturated heterocycles. The van der Waals surface area contributed by atoms with Gasteiger partial charge in [-0.3, -0.25) is 0 Å². The molecular weight excluding hydrogens is 418 g/mol. The van der Waals surface area contributed by atoms with Crippen LogP contribution in [0.15, 0.2) is 50.3 Å². The van der Waals surface area contributed by atoms with Crippen LogP contribution < -0.4 is 10.6 Å². The van der Waals surface area contributed by atoms with Gasteiger partial charge < -0.3 is 15.1 Å². The zero-order valence-corrected chi connectivity index (χ0v) is 16.9. The zero-order valence-electron chi connectivity index (χ0n) is 14.5. The molecule has 0 radical (unpaired) electrons. The van der Waals surface area contributed by atoms with Crippen molar-refractivity contribution in [2.75, 3.05) is 18.1 Å². The minimum Gasteiger partial charge on any atom is -0.459 e. The van der Waals surface area contributed by atoms with E-state index in [4.69, 9.17) is 4.42 Å². The topological polar surface area (TPSA) is 83.7 Å².